The molecule has 28 heavy (non-hydrogen) atoms. The summed E-state index contributed by atoms with van der Waals surface area (Å²) < 4.78 is 49.8. The second-order valence-corrected chi connectivity index (χ2v) is 6.48. The van der Waals surface area contributed by atoms with Crippen molar-refractivity contribution < 1.29 is 27.4 Å². The first-order chi connectivity index (χ1) is 13.2. The molecule has 154 valence electrons. The van der Waals surface area contributed by atoms with Crippen LogP contribution in [0.1, 0.15) is 23.9 Å². The number of methoxy groups -OCH3 is 2. The molecule has 9 heteroatoms. The molecule has 2 aromatic rings. The van der Waals surface area contributed by atoms with Crippen molar-refractivity contribution in [3.05, 3.63) is 41.2 Å². The SMILES string of the molecule is COc1ccc(CCNC(=O)C(C)Cn2nc(C(F)(F)F)cc2C)cc1OC. The predicted octanol–water partition coefficient (Wildman–Crippen LogP) is 3.22. The number of aromatic nitrogens is 2. The number of ether oxygens (including phenoxy) is 2. The van der Waals surface area contributed by atoms with E-state index in [0.29, 0.717) is 30.2 Å². The lowest BCUT2D eigenvalue weighted by Gasteiger charge is -2.14. The molecule has 0 radical (unpaired) electrons. The number of alkyl halides is 3. The highest BCUT2D eigenvalue weighted by molar-refractivity contribution is 5.78. The van der Waals surface area contributed by atoms with Crippen LogP contribution in [0.3, 0.4) is 0 Å². The maximum Gasteiger partial charge on any atom is 0.435 e. The zero-order valence-electron chi connectivity index (χ0n) is 16.3. The van der Waals surface area contributed by atoms with E-state index in [9.17, 15) is 18.0 Å². The number of carbonyl (C=O) groups excluding carboxylic acids is 1. The van der Waals surface area contributed by atoms with E-state index in [2.05, 4.69) is 10.4 Å². The lowest BCUT2D eigenvalue weighted by molar-refractivity contribution is -0.141. The molecule has 2 rings (SSSR count). The van der Waals surface area contributed by atoms with Gasteiger partial charge in [0.2, 0.25) is 5.91 Å². The molecule has 0 aliphatic heterocycles. The smallest absolute Gasteiger partial charge is 0.435 e. The highest BCUT2D eigenvalue weighted by Gasteiger charge is 2.34. The fourth-order valence-corrected chi connectivity index (χ4v) is 2.72. The molecular formula is C19H24F3N3O3. The van der Waals surface area contributed by atoms with Gasteiger partial charge in [-0.15, -0.1) is 0 Å². The average molecular weight is 399 g/mol. The van der Waals surface area contributed by atoms with Gasteiger partial charge in [-0.3, -0.25) is 9.48 Å². The average Bonchev–Trinajstić information content (AvgIpc) is 3.02. The lowest BCUT2D eigenvalue weighted by Crippen LogP contribution is -2.33. The van der Waals surface area contributed by atoms with E-state index in [-0.39, 0.29) is 12.5 Å². The summed E-state index contributed by atoms with van der Waals surface area (Å²) in [7, 11) is 3.10. The Labute approximate surface area is 161 Å². The van der Waals surface area contributed by atoms with E-state index in [1.165, 1.54) is 11.6 Å². The monoisotopic (exact) mass is 399 g/mol. The third-order valence-corrected chi connectivity index (χ3v) is 4.33. The van der Waals surface area contributed by atoms with Gasteiger partial charge in [0.25, 0.3) is 0 Å². The van der Waals surface area contributed by atoms with Gasteiger partial charge in [0, 0.05) is 12.2 Å². The minimum absolute atomic E-state index is 0.0735. The lowest BCUT2D eigenvalue weighted by atomic mass is 10.1. The summed E-state index contributed by atoms with van der Waals surface area (Å²) >= 11 is 0. The van der Waals surface area contributed by atoms with Crippen LogP contribution in [-0.2, 0) is 23.9 Å². The van der Waals surface area contributed by atoms with E-state index < -0.39 is 17.8 Å². The fraction of sp³-hybridized carbons (Fsp3) is 0.474. The molecule has 0 fully saturated rings. The largest absolute Gasteiger partial charge is 0.493 e. The normalized spacial score (nSPS) is 12.5. The van der Waals surface area contributed by atoms with Crippen LogP contribution < -0.4 is 14.8 Å². The summed E-state index contributed by atoms with van der Waals surface area (Å²) in [6.45, 7) is 3.65. The van der Waals surface area contributed by atoms with Crippen LogP contribution in [0.5, 0.6) is 11.5 Å². The van der Waals surface area contributed by atoms with E-state index in [1.54, 1.807) is 27.2 Å². The maximum atomic E-state index is 12.7. The Morgan fingerprint density at radius 1 is 1.21 bits per heavy atom. The zero-order valence-corrected chi connectivity index (χ0v) is 16.3. The summed E-state index contributed by atoms with van der Waals surface area (Å²) in [5, 5.41) is 6.35. The Bertz CT molecular complexity index is 818. The van der Waals surface area contributed by atoms with Crippen LogP contribution >= 0.6 is 0 Å². The van der Waals surface area contributed by atoms with Crippen molar-refractivity contribution in [1.29, 1.82) is 0 Å². The Hall–Kier alpha value is -2.71. The third-order valence-electron chi connectivity index (χ3n) is 4.33. The molecule has 0 saturated heterocycles. The number of hydrogen-bond acceptors (Lipinski definition) is 4. The summed E-state index contributed by atoms with van der Waals surface area (Å²) in [6.07, 6.45) is -3.92. The van der Waals surface area contributed by atoms with Gasteiger partial charge in [-0.2, -0.15) is 18.3 Å². The molecule has 1 aromatic carbocycles. The van der Waals surface area contributed by atoms with Crippen LogP contribution in [0.15, 0.2) is 24.3 Å². The van der Waals surface area contributed by atoms with E-state index in [0.717, 1.165) is 11.6 Å². The van der Waals surface area contributed by atoms with Crippen molar-refractivity contribution in [3.63, 3.8) is 0 Å². The van der Waals surface area contributed by atoms with Gasteiger partial charge < -0.3 is 14.8 Å². The number of halogens is 3. The number of carbonyl (C=O) groups is 1. The van der Waals surface area contributed by atoms with Crippen LogP contribution in [-0.4, -0.2) is 36.5 Å². The van der Waals surface area contributed by atoms with Crippen LogP contribution in [0, 0.1) is 12.8 Å². The Morgan fingerprint density at radius 2 is 1.89 bits per heavy atom. The molecule has 0 saturated carbocycles. The zero-order chi connectivity index (χ0) is 20.9. The van der Waals surface area contributed by atoms with Gasteiger partial charge in [0.15, 0.2) is 17.2 Å². The minimum atomic E-state index is -4.50. The molecule has 1 unspecified atom stereocenters. The van der Waals surface area contributed by atoms with Gasteiger partial charge in [-0.25, -0.2) is 0 Å². The Morgan fingerprint density at radius 3 is 2.46 bits per heavy atom. The highest BCUT2D eigenvalue weighted by atomic mass is 19.4. The van der Waals surface area contributed by atoms with Crippen LogP contribution in [0.25, 0.3) is 0 Å². The van der Waals surface area contributed by atoms with Gasteiger partial charge >= 0.3 is 6.18 Å². The van der Waals surface area contributed by atoms with Gasteiger partial charge in [0.1, 0.15) is 0 Å². The number of amides is 1. The number of nitrogens with zero attached hydrogens (tertiary/aromatic N) is 2. The molecule has 0 aliphatic carbocycles. The van der Waals surface area contributed by atoms with E-state index >= 15 is 0 Å². The Kier molecular flexibility index (Phi) is 6.93. The number of nitrogens with one attached hydrogen (secondary N) is 1. The summed E-state index contributed by atoms with van der Waals surface area (Å²) in [4.78, 5) is 12.3. The third kappa shape index (κ3) is 5.40. The van der Waals surface area contributed by atoms with Crippen LogP contribution in [0.2, 0.25) is 0 Å². The molecule has 1 aromatic heterocycles. The van der Waals surface area contributed by atoms with Crippen molar-refractivity contribution in [2.75, 3.05) is 20.8 Å². The molecule has 1 N–H and O–H groups in total. The number of hydrogen-bond donors (Lipinski definition) is 1. The molecule has 0 spiro atoms. The Balaban J connectivity index is 1.89. The topological polar surface area (TPSA) is 65.4 Å². The number of aryl methyl sites for hydroxylation is 1. The molecule has 6 nitrogen and oxygen atoms in total. The molecule has 1 heterocycles. The first kappa shape index (κ1) is 21.6. The molecule has 1 amide bonds. The van der Waals surface area contributed by atoms with E-state index in [4.69, 9.17) is 9.47 Å². The standard InChI is InChI=1S/C19H24F3N3O3/c1-12(11-25-13(2)9-17(24-25)19(20,21)22)18(26)23-8-7-14-5-6-15(27-3)16(10-14)28-4/h5-6,9-10,12H,7-8,11H2,1-4H3,(H,23,26). The van der Waals surface area contributed by atoms with Gasteiger partial charge in [0.05, 0.1) is 26.7 Å². The van der Waals surface area contributed by atoms with Crippen molar-refractivity contribution in [2.24, 2.45) is 5.92 Å². The highest BCUT2D eigenvalue weighted by Crippen LogP contribution is 2.29. The van der Waals surface area contributed by atoms with Gasteiger partial charge in [-0.05, 0) is 37.1 Å². The minimum Gasteiger partial charge on any atom is -0.493 e. The maximum absolute atomic E-state index is 12.7. The first-order valence-corrected chi connectivity index (χ1v) is 8.76. The van der Waals surface area contributed by atoms with Crippen molar-refractivity contribution in [3.8, 4) is 11.5 Å². The van der Waals surface area contributed by atoms with E-state index in [1.807, 2.05) is 12.1 Å². The van der Waals surface area contributed by atoms with Crippen molar-refractivity contribution in [2.45, 2.75) is 33.0 Å². The van der Waals surface area contributed by atoms with Crippen LogP contribution in [0.4, 0.5) is 13.2 Å². The quantitative estimate of drug-likeness (QED) is 0.740. The molecule has 1 atom stereocenters. The first-order valence-electron chi connectivity index (χ1n) is 8.76. The van der Waals surface area contributed by atoms with Crippen molar-refractivity contribution >= 4 is 5.91 Å². The number of benzene rings is 1. The van der Waals surface area contributed by atoms with Gasteiger partial charge in [-0.1, -0.05) is 13.0 Å². The molecule has 0 aliphatic rings. The molecule has 0 bridgehead atoms. The van der Waals surface area contributed by atoms with Crippen molar-refractivity contribution in [1.82, 2.24) is 15.1 Å². The predicted molar refractivity (Wildman–Crippen MR) is 97.4 cm³/mol. The summed E-state index contributed by atoms with van der Waals surface area (Å²) in [5.41, 5.74) is 0.367. The number of rotatable bonds is 8. The second-order valence-electron chi connectivity index (χ2n) is 6.48. The fourth-order valence-electron chi connectivity index (χ4n) is 2.72. The summed E-state index contributed by atoms with van der Waals surface area (Å²) in [5.74, 6) is 0.458. The summed E-state index contributed by atoms with van der Waals surface area (Å²) in [6, 6.07) is 6.47. The molecular weight excluding hydrogens is 375 g/mol. The second kappa shape index (κ2) is 8.99.